The van der Waals surface area contributed by atoms with E-state index in [1.54, 1.807) is 25.4 Å². The van der Waals surface area contributed by atoms with Gasteiger partial charge in [0.2, 0.25) is 0 Å². The normalized spacial score (nSPS) is 11.1. The Morgan fingerprint density at radius 1 is 1.60 bits per heavy atom. The van der Waals surface area contributed by atoms with E-state index >= 15 is 0 Å². The first-order valence-corrected chi connectivity index (χ1v) is 4.94. The lowest BCUT2D eigenvalue weighted by Gasteiger charge is -2.00. The monoisotopic (exact) mass is 226 g/mol. The van der Waals surface area contributed by atoms with Gasteiger partial charge in [0.15, 0.2) is 5.15 Å². The van der Waals surface area contributed by atoms with E-state index in [1.807, 2.05) is 4.40 Å². The predicted molar refractivity (Wildman–Crippen MR) is 57.4 cm³/mol. The molecule has 2 aromatic rings. The highest BCUT2D eigenvalue weighted by Crippen LogP contribution is 2.22. The van der Waals surface area contributed by atoms with E-state index in [0.717, 1.165) is 5.82 Å². The molecule has 0 atom stereocenters. The third kappa shape index (κ3) is 1.91. The minimum Gasteiger partial charge on any atom is -0.508 e. The summed E-state index contributed by atoms with van der Waals surface area (Å²) in [5.41, 5.74) is 0.711. The minimum atomic E-state index is 0.183. The molecule has 0 saturated heterocycles. The maximum atomic E-state index is 9.32. The predicted octanol–water partition coefficient (Wildman–Crippen LogP) is 1.88. The number of aromatic hydroxyl groups is 1. The molecule has 0 bridgehead atoms. The molecule has 4 nitrogen and oxygen atoms in total. The van der Waals surface area contributed by atoms with Crippen LogP contribution in [0.4, 0.5) is 0 Å². The molecule has 80 valence electrons. The van der Waals surface area contributed by atoms with E-state index < -0.39 is 0 Å². The standard InChI is InChI=1S/C10H11ClN2O2/c1-15-5-3-9-12-10(11)8-6-7(14)2-4-13(8)9/h2,4,6,14H,3,5H2,1H3. The van der Waals surface area contributed by atoms with Gasteiger partial charge in [-0.3, -0.25) is 0 Å². The van der Waals surface area contributed by atoms with Crippen molar-refractivity contribution in [1.29, 1.82) is 0 Å². The molecule has 5 heteroatoms. The number of aromatic nitrogens is 2. The van der Waals surface area contributed by atoms with Gasteiger partial charge in [-0.1, -0.05) is 11.6 Å². The van der Waals surface area contributed by atoms with Crippen molar-refractivity contribution in [2.75, 3.05) is 13.7 Å². The molecule has 1 N–H and O–H groups in total. The molecule has 0 spiro atoms. The van der Waals surface area contributed by atoms with Crippen LogP contribution in [0.2, 0.25) is 5.15 Å². The summed E-state index contributed by atoms with van der Waals surface area (Å²) in [6.45, 7) is 0.594. The number of imidazole rings is 1. The molecule has 0 aromatic carbocycles. The smallest absolute Gasteiger partial charge is 0.155 e. The number of nitrogens with zero attached hydrogens (tertiary/aromatic N) is 2. The van der Waals surface area contributed by atoms with Crippen LogP contribution in [0.15, 0.2) is 18.3 Å². The zero-order valence-corrected chi connectivity index (χ0v) is 9.03. The lowest BCUT2D eigenvalue weighted by molar-refractivity contribution is 0.200. The van der Waals surface area contributed by atoms with Gasteiger partial charge >= 0.3 is 0 Å². The number of rotatable bonds is 3. The van der Waals surface area contributed by atoms with Crippen LogP contribution in [0.25, 0.3) is 5.52 Å². The lowest BCUT2D eigenvalue weighted by Crippen LogP contribution is -1.99. The Labute approximate surface area is 92.1 Å². The van der Waals surface area contributed by atoms with Gasteiger partial charge in [-0.2, -0.15) is 0 Å². The molecule has 0 aliphatic rings. The summed E-state index contributed by atoms with van der Waals surface area (Å²) in [5, 5.41) is 9.72. The van der Waals surface area contributed by atoms with Gasteiger partial charge in [0.05, 0.1) is 12.1 Å². The van der Waals surface area contributed by atoms with Crippen molar-refractivity contribution in [3.8, 4) is 5.75 Å². The fourth-order valence-corrected chi connectivity index (χ4v) is 1.71. The zero-order valence-electron chi connectivity index (χ0n) is 8.27. The maximum Gasteiger partial charge on any atom is 0.155 e. The Bertz CT molecular complexity index is 481. The van der Waals surface area contributed by atoms with Crippen LogP contribution in [0, 0.1) is 0 Å². The van der Waals surface area contributed by atoms with E-state index in [0.29, 0.717) is 23.7 Å². The highest BCUT2D eigenvalue weighted by Gasteiger charge is 2.09. The number of ether oxygens (including phenoxy) is 1. The van der Waals surface area contributed by atoms with Crippen LogP contribution in [0.5, 0.6) is 5.75 Å². The van der Waals surface area contributed by atoms with Crippen molar-refractivity contribution in [3.63, 3.8) is 0 Å². The van der Waals surface area contributed by atoms with Crippen molar-refractivity contribution in [1.82, 2.24) is 9.38 Å². The van der Waals surface area contributed by atoms with Crippen LogP contribution in [-0.4, -0.2) is 28.2 Å². The summed E-state index contributed by atoms with van der Waals surface area (Å²) in [6.07, 6.45) is 2.43. The first-order valence-electron chi connectivity index (χ1n) is 4.57. The molecule has 0 saturated carbocycles. The maximum absolute atomic E-state index is 9.32. The summed E-state index contributed by atoms with van der Waals surface area (Å²) >= 11 is 5.94. The second kappa shape index (κ2) is 4.08. The molecule has 2 aromatic heterocycles. The largest absolute Gasteiger partial charge is 0.508 e. The van der Waals surface area contributed by atoms with Gasteiger partial charge in [-0.15, -0.1) is 0 Å². The SMILES string of the molecule is COCCc1nc(Cl)c2cc(O)ccn12. The van der Waals surface area contributed by atoms with Crippen molar-refractivity contribution in [2.45, 2.75) is 6.42 Å². The Morgan fingerprint density at radius 2 is 2.40 bits per heavy atom. The Hall–Kier alpha value is -1.26. The summed E-state index contributed by atoms with van der Waals surface area (Å²) in [6, 6.07) is 3.19. The van der Waals surface area contributed by atoms with Crippen LogP contribution in [-0.2, 0) is 11.2 Å². The number of methoxy groups -OCH3 is 1. The number of hydrogen-bond donors (Lipinski definition) is 1. The lowest BCUT2D eigenvalue weighted by atomic mass is 10.4. The van der Waals surface area contributed by atoms with E-state index in [1.165, 1.54) is 0 Å². The first-order chi connectivity index (χ1) is 7.22. The Kier molecular flexibility index (Phi) is 2.79. The van der Waals surface area contributed by atoms with Gasteiger partial charge in [0.1, 0.15) is 11.6 Å². The topological polar surface area (TPSA) is 46.8 Å². The van der Waals surface area contributed by atoms with E-state index in [-0.39, 0.29) is 5.75 Å². The number of pyridine rings is 1. The molecule has 0 radical (unpaired) electrons. The van der Waals surface area contributed by atoms with Crippen LogP contribution in [0.3, 0.4) is 0 Å². The third-order valence-corrected chi connectivity index (χ3v) is 2.46. The van der Waals surface area contributed by atoms with Crippen molar-refractivity contribution in [2.24, 2.45) is 0 Å². The second-order valence-corrected chi connectivity index (χ2v) is 3.56. The molecule has 0 unspecified atom stereocenters. The fraction of sp³-hybridized carbons (Fsp3) is 0.300. The zero-order chi connectivity index (χ0) is 10.8. The van der Waals surface area contributed by atoms with Crippen molar-refractivity contribution in [3.05, 3.63) is 29.3 Å². The molecule has 2 rings (SSSR count). The van der Waals surface area contributed by atoms with Crippen LogP contribution < -0.4 is 0 Å². The average molecular weight is 227 g/mol. The minimum absolute atomic E-state index is 0.183. The Balaban J connectivity index is 2.48. The quantitative estimate of drug-likeness (QED) is 0.869. The van der Waals surface area contributed by atoms with Crippen LogP contribution >= 0.6 is 11.6 Å². The molecular weight excluding hydrogens is 216 g/mol. The highest BCUT2D eigenvalue weighted by molar-refractivity contribution is 6.32. The van der Waals surface area contributed by atoms with Gasteiger partial charge < -0.3 is 14.2 Å². The van der Waals surface area contributed by atoms with Crippen molar-refractivity contribution < 1.29 is 9.84 Å². The number of fused-ring (bicyclic) bond motifs is 1. The fourth-order valence-electron chi connectivity index (χ4n) is 1.47. The Morgan fingerprint density at radius 3 is 3.13 bits per heavy atom. The summed E-state index contributed by atoms with van der Waals surface area (Å²) in [4.78, 5) is 4.21. The first kappa shape index (κ1) is 10.3. The molecule has 2 heterocycles. The van der Waals surface area contributed by atoms with Gasteiger partial charge in [-0.25, -0.2) is 4.98 Å². The molecule has 0 aliphatic heterocycles. The van der Waals surface area contributed by atoms with Crippen molar-refractivity contribution >= 4 is 17.1 Å². The molecule has 15 heavy (non-hydrogen) atoms. The van der Waals surface area contributed by atoms with E-state index in [9.17, 15) is 5.11 Å². The number of hydrogen-bond acceptors (Lipinski definition) is 3. The van der Waals surface area contributed by atoms with Gasteiger partial charge in [0.25, 0.3) is 0 Å². The summed E-state index contributed by atoms with van der Waals surface area (Å²) in [5.74, 6) is 1.01. The van der Waals surface area contributed by atoms with Crippen LogP contribution in [0.1, 0.15) is 5.82 Å². The van der Waals surface area contributed by atoms with E-state index in [4.69, 9.17) is 16.3 Å². The molecule has 0 amide bonds. The average Bonchev–Trinajstić information content (AvgIpc) is 2.53. The van der Waals surface area contributed by atoms with Gasteiger partial charge in [-0.05, 0) is 6.07 Å². The number of halogens is 1. The molecular formula is C10H11ClN2O2. The van der Waals surface area contributed by atoms with E-state index in [2.05, 4.69) is 4.98 Å². The van der Waals surface area contributed by atoms with Gasteiger partial charge in [0, 0.05) is 25.8 Å². The third-order valence-electron chi connectivity index (χ3n) is 2.18. The molecule has 0 fully saturated rings. The highest BCUT2D eigenvalue weighted by atomic mass is 35.5. The second-order valence-electron chi connectivity index (χ2n) is 3.20. The summed E-state index contributed by atoms with van der Waals surface area (Å²) < 4.78 is 6.83. The summed E-state index contributed by atoms with van der Waals surface area (Å²) in [7, 11) is 1.64. The molecule has 0 aliphatic carbocycles.